The third-order valence-corrected chi connectivity index (χ3v) is 8.56. The lowest BCUT2D eigenvalue weighted by molar-refractivity contribution is -0.116. The predicted molar refractivity (Wildman–Crippen MR) is 129 cm³/mol. The van der Waals surface area contributed by atoms with Crippen LogP contribution in [0.4, 0.5) is 5.69 Å². The van der Waals surface area contributed by atoms with Crippen molar-refractivity contribution < 1.29 is 13.2 Å². The SMILES string of the molecule is CSc1nc(C)c(CCC(=O)Nc2ccc(S(=O)(=O)N(C)C3CCCCC3)cc2)c(C)n1. The number of anilines is 1. The highest BCUT2D eigenvalue weighted by atomic mass is 32.2. The highest BCUT2D eigenvalue weighted by Crippen LogP contribution is 2.27. The number of carbonyl (C=O) groups is 1. The zero-order chi connectivity index (χ0) is 23.3. The van der Waals surface area contributed by atoms with Gasteiger partial charge in [-0.25, -0.2) is 18.4 Å². The van der Waals surface area contributed by atoms with Crippen molar-refractivity contribution in [3.63, 3.8) is 0 Å². The van der Waals surface area contributed by atoms with Crippen molar-refractivity contribution >= 4 is 33.4 Å². The third kappa shape index (κ3) is 5.88. The number of carbonyl (C=O) groups excluding carboxylic acids is 1. The van der Waals surface area contributed by atoms with Crippen LogP contribution in [0.1, 0.15) is 55.5 Å². The molecule has 1 N–H and O–H groups in total. The van der Waals surface area contributed by atoms with Crippen molar-refractivity contribution in [1.82, 2.24) is 14.3 Å². The summed E-state index contributed by atoms with van der Waals surface area (Å²) in [7, 11) is -1.87. The van der Waals surface area contributed by atoms with Gasteiger partial charge in [0.1, 0.15) is 0 Å². The molecule has 7 nitrogen and oxygen atoms in total. The summed E-state index contributed by atoms with van der Waals surface area (Å²) in [6, 6.07) is 6.48. The van der Waals surface area contributed by atoms with E-state index in [0.29, 0.717) is 18.5 Å². The molecule has 1 aliphatic carbocycles. The molecule has 0 saturated heterocycles. The zero-order valence-corrected chi connectivity index (χ0v) is 20.9. The van der Waals surface area contributed by atoms with Crippen molar-refractivity contribution in [1.29, 1.82) is 0 Å². The monoisotopic (exact) mass is 476 g/mol. The van der Waals surface area contributed by atoms with Gasteiger partial charge in [-0.3, -0.25) is 4.79 Å². The van der Waals surface area contributed by atoms with E-state index in [1.807, 2.05) is 20.1 Å². The number of benzene rings is 1. The van der Waals surface area contributed by atoms with E-state index in [4.69, 9.17) is 0 Å². The Kier molecular flexibility index (Phi) is 8.30. The normalized spacial score (nSPS) is 15.2. The van der Waals surface area contributed by atoms with E-state index < -0.39 is 10.0 Å². The first kappa shape index (κ1) is 24.7. The topological polar surface area (TPSA) is 92.3 Å². The highest BCUT2D eigenvalue weighted by Gasteiger charge is 2.28. The number of rotatable bonds is 8. The fourth-order valence-corrected chi connectivity index (χ4v) is 6.01. The summed E-state index contributed by atoms with van der Waals surface area (Å²) in [6.45, 7) is 3.87. The lowest BCUT2D eigenvalue weighted by atomic mass is 9.96. The minimum atomic E-state index is -3.54. The van der Waals surface area contributed by atoms with Gasteiger partial charge in [0.2, 0.25) is 15.9 Å². The largest absolute Gasteiger partial charge is 0.326 e. The van der Waals surface area contributed by atoms with Crippen molar-refractivity contribution in [3.8, 4) is 0 Å². The average Bonchev–Trinajstić information content (AvgIpc) is 2.78. The standard InChI is InChI=1S/C23H32N4O3S2/c1-16-21(17(2)25-23(24-16)31-4)14-15-22(28)26-18-10-12-20(13-11-18)32(29,30)27(3)19-8-6-5-7-9-19/h10-13,19H,5-9,14-15H2,1-4H3,(H,26,28). The van der Waals surface area contributed by atoms with Gasteiger partial charge in [0.25, 0.3) is 0 Å². The molecule has 174 valence electrons. The van der Waals surface area contributed by atoms with Crippen molar-refractivity contribution in [2.24, 2.45) is 0 Å². The number of hydrogen-bond donors (Lipinski definition) is 1. The Bertz CT molecular complexity index is 1030. The lowest BCUT2D eigenvalue weighted by Gasteiger charge is -2.30. The van der Waals surface area contributed by atoms with E-state index in [1.165, 1.54) is 22.5 Å². The Hall–Kier alpha value is -1.97. The zero-order valence-electron chi connectivity index (χ0n) is 19.2. The smallest absolute Gasteiger partial charge is 0.243 e. The van der Waals surface area contributed by atoms with Gasteiger partial charge in [-0.1, -0.05) is 31.0 Å². The van der Waals surface area contributed by atoms with Crippen LogP contribution in [-0.4, -0.2) is 47.9 Å². The molecule has 0 bridgehead atoms. The summed E-state index contributed by atoms with van der Waals surface area (Å²) in [5.74, 6) is -0.132. The Balaban J connectivity index is 1.60. The van der Waals surface area contributed by atoms with E-state index in [-0.39, 0.29) is 16.8 Å². The molecule has 0 radical (unpaired) electrons. The van der Waals surface area contributed by atoms with Gasteiger partial charge in [0.15, 0.2) is 5.16 Å². The molecule has 1 saturated carbocycles. The summed E-state index contributed by atoms with van der Waals surface area (Å²) in [5, 5.41) is 3.59. The Morgan fingerprint density at radius 2 is 1.69 bits per heavy atom. The van der Waals surface area contributed by atoms with Crippen LogP contribution >= 0.6 is 11.8 Å². The number of aryl methyl sites for hydroxylation is 2. The molecule has 1 fully saturated rings. The molecule has 1 aliphatic rings. The van der Waals surface area contributed by atoms with Crippen LogP contribution < -0.4 is 5.32 Å². The average molecular weight is 477 g/mol. The molecule has 1 aromatic carbocycles. The summed E-state index contributed by atoms with van der Waals surface area (Å²) < 4.78 is 27.4. The van der Waals surface area contributed by atoms with E-state index in [1.54, 1.807) is 31.3 Å². The molecule has 32 heavy (non-hydrogen) atoms. The molecule has 9 heteroatoms. The van der Waals surface area contributed by atoms with Crippen molar-refractivity contribution in [3.05, 3.63) is 41.2 Å². The van der Waals surface area contributed by atoms with Gasteiger partial charge in [-0.2, -0.15) is 4.31 Å². The first-order chi connectivity index (χ1) is 15.2. The van der Waals surface area contributed by atoms with Crippen LogP contribution in [-0.2, 0) is 21.2 Å². The first-order valence-corrected chi connectivity index (χ1v) is 13.6. The Morgan fingerprint density at radius 3 is 2.25 bits per heavy atom. The van der Waals surface area contributed by atoms with Crippen LogP contribution in [0.15, 0.2) is 34.3 Å². The molecule has 0 spiro atoms. The second-order valence-electron chi connectivity index (χ2n) is 8.25. The molecular formula is C23H32N4O3S2. The number of sulfonamides is 1. The molecular weight excluding hydrogens is 444 g/mol. The Morgan fingerprint density at radius 1 is 1.09 bits per heavy atom. The minimum Gasteiger partial charge on any atom is -0.326 e. The fourth-order valence-electron chi connectivity index (χ4n) is 4.14. The number of nitrogens with one attached hydrogen (secondary N) is 1. The van der Waals surface area contributed by atoms with Gasteiger partial charge < -0.3 is 5.32 Å². The van der Waals surface area contributed by atoms with Crippen LogP contribution in [0, 0.1) is 13.8 Å². The van der Waals surface area contributed by atoms with Gasteiger partial charge in [0.05, 0.1) is 4.90 Å². The molecule has 2 aromatic rings. The number of nitrogens with zero attached hydrogens (tertiary/aromatic N) is 3. The van der Waals surface area contributed by atoms with Gasteiger partial charge in [0, 0.05) is 36.6 Å². The van der Waals surface area contributed by atoms with Crippen LogP contribution in [0.2, 0.25) is 0 Å². The number of thioether (sulfide) groups is 1. The lowest BCUT2D eigenvalue weighted by Crippen LogP contribution is -2.38. The summed E-state index contributed by atoms with van der Waals surface area (Å²) >= 11 is 1.50. The fraction of sp³-hybridized carbons (Fsp3) is 0.522. The molecule has 0 unspecified atom stereocenters. The van der Waals surface area contributed by atoms with Gasteiger partial charge >= 0.3 is 0 Å². The molecule has 0 aliphatic heterocycles. The minimum absolute atomic E-state index is 0.0639. The van der Waals surface area contributed by atoms with E-state index >= 15 is 0 Å². The summed E-state index contributed by atoms with van der Waals surface area (Å²) in [4.78, 5) is 21.6. The molecule has 3 rings (SSSR count). The van der Waals surface area contributed by atoms with Gasteiger partial charge in [-0.05, 0) is 69.2 Å². The maximum Gasteiger partial charge on any atom is 0.243 e. The number of aromatic nitrogens is 2. The molecule has 1 heterocycles. The third-order valence-electron chi connectivity index (χ3n) is 6.09. The molecule has 1 amide bonds. The summed E-state index contributed by atoms with van der Waals surface area (Å²) in [6.07, 6.45) is 7.93. The van der Waals surface area contributed by atoms with Crippen molar-refractivity contribution in [2.75, 3.05) is 18.6 Å². The van der Waals surface area contributed by atoms with Crippen LogP contribution in [0.3, 0.4) is 0 Å². The maximum absolute atomic E-state index is 13.0. The predicted octanol–water partition coefficient (Wildman–Crippen LogP) is 4.34. The second kappa shape index (κ2) is 10.8. The van der Waals surface area contributed by atoms with Gasteiger partial charge in [-0.15, -0.1) is 0 Å². The number of hydrogen-bond acceptors (Lipinski definition) is 6. The quantitative estimate of drug-likeness (QED) is 0.450. The molecule has 0 atom stereocenters. The van der Waals surface area contributed by atoms with Crippen LogP contribution in [0.5, 0.6) is 0 Å². The first-order valence-electron chi connectivity index (χ1n) is 11.0. The second-order valence-corrected chi connectivity index (χ2v) is 11.0. The van der Waals surface area contributed by atoms with E-state index in [0.717, 1.165) is 47.8 Å². The summed E-state index contributed by atoms with van der Waals surface area (Å²) in [5.41, 5.74) is 3.36. The van der Waals surface area contributed by atoms with E-state index in [9.17, 15) is 13.2 Å². The number of amides is 1. The Labute approximate surface area is 195 Å². The molecule has 1 aromatic heterocycles. The van der Waals surface area contributed by atoms with E-state index in [2.05, 4.69) is 15.3 Å². The van der Waals surface area contributed by atoms with Crippen LogP contribution in [0.25, 0.3) is 0 Å². The highest BCUT2D eigenvalue weighted by molar-refractivity contribution is 7.98. The van der Waals surface area contributed by atoms with Crippen molar-refractivity contribution in [2.45, 2.75) is 74.9 Å². The maximum atomic E-state index is 13.0.